The highest BCUT2D eigenvalue weighted by atomic mass is 79.9. The number of benzene rings is 1. The molecule has 1 aromatic heterocycles. The molecule has 4 nitrogen and oxygen atoms in total. The van der Waals surface area contributed by atoms with E-state index in [1.54, 1.807) is 23.0 Å². The Morgan fingerprint density at radius 3 is 2.85 bits per heavy atom. The molecule has 0 radical (unpaired) electrons. The predicted octanol–water partition coefficient (Wildman–Crippen LogP) is 3.25. The van der Waals surface area contributed by atoms with Crippen LogP contribution in [0, 0.1) is 5.82 Å². The maximum absolute atomic E-state index is 14.1. The quantitative estimate of drug-likeness (QED) is 0.908. The second-order valence-electron chi connectivity index (χ2n) is 4.47. The molecule has 0 aliphatic rings. The summed E-state index contributed by atoms with van der Waals surface area (Å²) in [5, 5.41) is 4.26. The van der Waals surface area contributed by atoms with Gasteiger partial charge in [-0.05, 0) is 28.4 Å². The van der Waals surface area contributed by atoms with Crippen molar-refractivity contribution in [1.29, 1.82) is 0 Å². The maximum atomic E-state index is 14.1. The fourth-order valence-corrected chi connectivity index (χ4v) is 2.65. The zero-order valence-corrected chi connectivity index (χ0v) is 13.0. The molecule has 0 saturated heterocycles. The molecule has 20 heavy (non-hydrogen) atoms. The van der Waals surface area contributed by atoms with Crippen molar-refractivity contribution >= 4 is 15.9 Å². The Kier molecular flexibility index (Phi) is 4.77. The van der Waals surface area contributed by atoms with Gasteiger partial charge < -0.3 is 10.5 Å². The standard InChI is InChI=1S/C14H17BrFN3O/c1-3-6-19-14(11(15)8-18-19)13(17)10-5-4-9(20-2)7-12(10)16/h4-5,7-8,13H,3,6,17H2,1-2H3. The van der Waals surface area contributed by atoms with E-state index in [1.807, 2.05) is 0 Å². The Hall–Kier alpha value is -1.40. The lowest BCUT2D eigenvalue weighted by Gasteiger charge is -2.16. The van der Waals surface area contributed by atoms with Crippen LogP contribution >= 0.6 is 15.9 Å². The normalized spacial score (nSPS) is 12.4. The van der Waals surface area contributed by atoms with Crippen LogP contribution < -0.4 is 10.5 Å². The van der Waals surface area contributed by atoms with Gasteiger partial charge in [0.25, 0.3) is 0 Å². The molecule has 1 unspecified atom stereocenters. The van der Waals surface area contributed by atoms with Gasteiger partial charge >= 0.3 is 0 Å². The second-order valence-corrected chi connectivity index (χ2v) is 5.32. The summed E-state index contributed by atoms with van der Waals surface area (Å²) in [7, 11) is 1.50. The molecule has 0 saturated carbocycles. The van der Waals surface area contributed by atoms with E-state index in [2.05, 4.69) is 28.0 Å². The van der Waals surface area contributed by atoms with Gasteiger partial charge in [-0.3, -0.25) is 4.68 Å². The van der Waals surface area contributed by atoms with Crippen LogP contribution in [0.5, 0.6) is 5.75 Å². The lowest BCUT2D eigenvalue weighted by molar-refractivity contribution is 0.410. The number of halogens is 2. The molecule has 2 N–H and O–H groups in total. The Morgan fingerprint density at radius 2 is 2.25 bits per heavy atom. The molecule has 2 aromatic rings. The van der Waals surface area contributed by atoms with Crippen LogP contribution in [0.2, 0.25) is 0 Å². The molecule has 0 fully saturated rings. The van der Waals surface area contributed by atoms with Gasteiger partial charge in [-0.25, -0.2) is 4.39 Å². The second kappa shape index (κ2) is 6.37. The molecule has 1 aromatic carbocycles. The van der Waals surface area contributed by atoms with E-state index < -0.39 is 6.04 Å². The molecule has 2 rings (SSSR count). The van der Waals surface area contributed by atoms with Crippen LogP contribution in [0.1, 0.15) is 30.6 Å². The van der Waals surface area contributed by atoms with Crippen molar-refractivity contribution in [1.82, 2.24) is 9.78 Å². The SMILES string of the molecule is CCCn1ncc(Br)c1C(N)c1ccc(OC)cc1F. The average Bonchev–Trinajstić information content (AvgIpc) is 2.79. The largest absolute Gasteiger partial charge is 0.497 e. The molecule has 1 heterocycles. The third-order valence-corrected chi connectivity index (χ3v) is 3.72. The van der Waals surface area contributed by atoms with Crippen molar-refractivity contribution in [3.8, 4) is 5.75 Å². The first-order chi connectivity index (χ1) is 9.58. The first-order valence-corrected chi connectivity index (χ1v) is 7.18. The van der Waals surface area contributed by atoms with Crippen LogP contribution in [0.4, 0.5) is 4.39 Å². The van der Waals surface area contributed by atoms with Crippen LogP contribution in [0.15, 0.2) is 28.9 Å². The molecule has 0 aliphatic heterocycles. The molecule has 0 spiro atoms. The summed E-state index contributed by atoms with van der Waals surface area (Å²) in [6.07, 6.45) is 2.62. The minimum atomic E-state index is -0.579. The molecular formula is C14H17BrFN3O. The van der Waals surface area contributed by atoms with Crippen molar-refractivity contribution in [3.63, 3.8) is 0 Å². The number of aryl methyl sites for hydroxylation is 1. The number of methoxy groups -OCH3 is 1. The molecule has 0 aliphatic carbocycles. The first-order valence-electron chi connectivity index (χ1n) is 6.38. The molecule has 0 bridgehead atoms. The van der Waals surface area contributed by atoms with E-state index in [0.717, 1.165) is 23.1 Å². The highest BCUT2D eigenvalue weighted by Gasteiger charge is 2.21. The lowest BCUT2D eigenvalue weighted by atomic mass is 10.0. The van der Waals surface area contributed by atoms with Gasteiger partial charge in [0.15, 0.2) is 0 Å². The minimum absolute atomic E-state index is 0.381. The van der Waals surface area contributed by atoms with Crippen molar-refractivity contribution in [2.75, 3.05) is 7.11 Å². The summed E-state index contributed by atoms with van der Waals surface area (Å²) in [5.74, 6) is 0.0904. The summed E-state index contributed by atoms with van der Waals surface area (Å²) in [6, 6.07) is 4.11. The summed E-state index contributed by atoms with van der Waals surface area (Å²) in [5.41, 5.74) is 7.41. The Morgan fingerprint density at radius 1 is 1.50 bits per heavy atom. The van der Waals surface area contributed by atoms with Crippen LogP contribution in [-0.4, -0.2) is 16.9 Å². The van der Waals surface area contributed by atoms with E-state index in [-0.39, 0.29) is 5.82 Å². The summed E-state index contributed by atoms with van der Waals surface area (Å²) >= 11 is 3.43. The number of ether oxygens (including phenoxy) is 1. The number of hydrogen-bond acceptors (Lipinski definition) is 3. The Labute approximate surface area is 125 Å². The monoisotopic (exact) mass is 341 g/mol. The highest BCUT2D eigenvalue weighted by Crippen LogP contribution is 2.29. The Balaban J connectivity index is 2.40. The molecule has 108 valence electrons. The zero-order valence-electron chi connectivity index (χ0n) is 11.4. The number of nitrogens with two attached hydrogens (primary N) is 1. The van der Waals surface area contributed by atoms with Gasteiger partial charge in [0.2, 0.25) is 0 Å². The molecule has 1 atom stereocenters. The zero-order chi connectivity index (χ0) is 14.7. The first kappa shape index (κ1) is 15.0. The van der Waals surface area contributed by atoms with Gasteiger partial charge in [-0.2, -0.15) is 5.10 Å². The van der Waals surface area contributed by atoms with Gasteiger partial charge in [0, 0.05) is 18.2 Å². The van der Waals surface area contributed by atoms with Gasteiger partial charge in [0.1, 0.15) is 11.6 Å². The average molecular weight is 342 g/mol. The fourth-order valence-electron chi connectivity index (χ4n) is 2.11. The van der Waals surface area contributed by atoms with E-state index in [4.69, 9.17) is 10.5 Å². The van der Waals surface area contributed by atoms with Gasteiger partial charge in [-0.15, -0.1) is 0 Å². The van der Waals surface area contributed by atoms with Crippen LogP contribution in [0.3, 0.4) is 0 Å². The van der Waals surface area contributed by atoms with Gasteiger partial charge in [-0.1, -0.05) is 13.0 Å². The molecule has 0 amide bonds. The maximum Gasteiger partial charge on any atom is 0.132 e. The van der Waals surface area contributed by atoms with Crippen molar-refractivity contribution in [2.45, 2.75) is 25.9 Å². The third kappa shape index (κ3) is 2.86. The highest BCUT2D eigenvalue weighted by molar-refractivity contribution is 9.10. The van der Waals surface area contributed by atoms with Gasteiger partial charge in [0.05, 0.1) is 29.5 Å². The number of aromatic nitrogens is 2. The topological polar surface area (TPSA) is 53.1 Å². The molecular weight excluding hydrogens is 325 g/mol. The van der Waals surface area contributed by atoms with Crippen molar-refractivity contribution in [2.24, 2.45) is 5.73 Å². The number of hydrogen-bond donors (Lipinski definition) is 1. The van der Waals surface area contributed by atoms with E-state index >= 15 is 0 Å². The smallest absolute Gasteiger partial charge is 0.132 e. The summed E-state index contributed by atoms with van der Waals surface area (Å²) in [6.45, 7) is 2.80. The summed E-state index contributed by atoms with van der Waals surface area (Å²) in [4.78, 5) is 0. The van der Waals surface area contributed by atoms with Crippen molar-refractivity contribution < 1.29 is 9.13 Å². The van der Waals surface area contributed by atoms with Crippen LogP contribution in [-0.2, 0) is 6.54 Å². The fraction of sp³-hybridized carbons (Fsp3) is 0.357. The number of nitrogens with zero attached hydrogens (tertiary/aromatic N) is 2. The summed E-state index contributed by atoms with van der Waals surface area (Å²) < 4.78 is 21.7. The lowest BCUT2D eigenvalue weighted by Crippen LogP contribution is -2.19. The third-order valence-electron chi connectivity index (χ3n) is 3.11. The molecule has 6 heteroatoms. The minimum Gasteiger partial charge on any atom is -0.497 e. The number of rotatable bonds is 5. The van der Waals surface area contributed by atoms with Crippen LogP contribution in [0.25, 0.3) is 0 Å². The van der Waals surface area contributed by atoms with E-state index in [9.17, 15) is 4.39 Å². The van der Waals surface area contributed by atoms with E-state index in [0.29, 0.717) is 11.3 Å². The Bertz CT molecular complexity index is 600. The van der Waals surface area contributed by atoms with Crippen molar-refractivity contribution in [3.05, 3.63) is 45.9 Å². The predicted molar refractivity (Wildman–Crippen MR) is 79.2 cm³/mol. The van der Waals surface area contributed by atoms with E-state index in [1.165, 1.54) is 13.2 Å².